The first kappa shape index (κ1) is 22.4. The van der Waals surface area contributed by atoms with Gasteiger partial charge in [0.2, 0.25) is 0 Å². The molecule has 176 valence electrons. The minimum atomic E-state index is -1.21. The van der Waals surface area contributed by atoms with Gasteiger partial charge in [-0.3, -0.25) is 4.57 Å². The van der Waals surface area contributed by atoms with Gasteiger partial charge < -0.3 is 4.74 Å². The molecule has 0 amide bonds. The lowest BCUT2D eigenvalue weighted by molar-refractivity contribution is 0.390. The van der Waals surface area contributed by atoms with Crippen LogP contribution in [0.2, 0.25) is 0 Å². The Hall–Kier alpha value is -4.39. The first-order chi connectivity index (χ1) is 16.9. The maximum Gasteiger partial charge on any atom is 0.180 e. The topological polar surface area (TPSA) is 94.4 Å². The molecule has 0 fully saturated rings. The van der Waals surface area contributed by atoms with Gasteiger partial charge in [-0.25, -0.2) is 28.4 Å². The third kappa shape index (κ3) is 3.95. The molecule has 0 bridgehead atoms. The third-order valence-electron chi connectivity index (χ3n) is 6.05. The van der Waals surface area contributed by atoms with Crippen molar-refractivity contribution in [1.82, 2.24) is 29.3 Å². The molecule has 0 radical (unpaired) electrons. The van der Waals surface area contributed by atoms with E-state index in [9.17, 15) is 14.0 Å². The second-order valence-electron chi connectivity index (χ2n) is 8.32. The van der Waals surface area contributed by atoms with Crippen molar-refractivity contribution in [2.45, 2.75) is 31.7 Å². The maximum atomic E-state index is 14.0. The first-order valence-electron chi connectivity index (χ1n) is 11.0. The summed E-state index contributed by atoms with van der Waals surface area (Å²) in [5.74, 6) is 0.0519. The summed E-state index contributed by atoms with van der Waals surface area (Å²) in [6.45, 7) is 2.48. The van der Waals surface area contributed by atoms with Crippen LogP contribution >= 0.6 is 0 Å². The van der Waals surface area contributed by atoms with Crippen LogP contribution in [-0.2, 0) is 12.0 Å². The van der Waals surface area contributed by atoms with E-state index in [-0.39, 0.29) is 0 Å². The smallest absolute Gasteiger partial charge is 0.180 e. The molecule has 0 unspecified atom stereocenters. The number of nitrogens with zero attached hydrogens (tertiary/aromatic N) is 7. The van der Waals surface area contributed by atoms with Crippen molar-refractivity contribution in [3.63, 3.8) is 0 Å². The predicted molar refractivity (Wildman–Crippen MR) is 124 cm³/mol. The zero-order valence-electron chi connectivity index (χ0n) is 19.1. The van der Waals surface area contributed by atoms with E-state index in [1.165, 1.54) is 6.07 Å². The highest BCUT2D eigenvalue weighted by molar-refractivity contribution is 5.68. The number of hydrogen-bond donors (Lipinski definition) is 0. The summed E-state index contributed by atoms with van der Waals surface area (Å²) in [7, 11) is 1.57. The number of fused-ring (bicyclic) bond motifs is 1. The largest absolute Gasteiger partial charge is 0.493 e. The van der Waals surface area contributed by atoms with E-state index in [2.05, 4.69) is 26.1 Å². The van der Waals surface area contributed by atoms with Gasteiger partial charge in [-0.15, -0.1) is 0 Å². The zero-order chi connectivity index (χ0) is 24.6. The average molecular weight is 473 g/mol. The van der Waals surface area contributed by atoms with Crippen molar-refractivity contribution >= 4 is 12.2 Å². The van der Waals surface area contributed by atoms with E-state index in [4.69, 9.17) is 4.74 Å². The lowest BCUT2D eigenvalue weighted by Crippen LogP contribution is -2.34. The monoisotopic (exact) mass is 473 g/mol. The van der Waals surface area contributed by atoms with Crippen LogP contribution in [0.1, 0.15) is 41.3 Å². The molecule has 0 N–H and O–H groups in total. The molecule has 4 heterocycles. The highest BCUT2D eigenvalue weighted by Crippen LogP contribution is 2.39. The van der Waals surface area contributed by atoms with Gasteiger partial charge in [0.15, 0.2) is 34.9 Å². The Balaban J connectivity index is 1.47. The molecule has 35 heavy (non-hydrogen) atoms. The first-order valence-corrected chi connectivity index (χ1v) is 11.0. The quantitative estimate of drug-likeness (QED) is 0.431. The van der Waals surface area contributed by atoms with Gasteiger partial charge in [-0.1, -0.05) is 6.07 Å². The molecule has 0 aliphatic carbocycles. The van der Waals surface area contributed by atoms with Gasteiger partial charge >= 0.3 is 0 Å². The van der Waals surface area contributed by atoms with Gasteiger partial charge in [0.25, 0.3) is 0 Å². The lowest BCUT2D eigenvalue weighted by Gasteiger charge is -2.30. The van der Waals surface area contributed by atoms with Crippen LogP contribution < -0.4 is 4.74 Å². The molecular formula is C25H21F2N7O. The molecule has 3 aromatic heterocycles. The van der Waals surface area contributed by atoms with Crippen molar-refractivity contribution in [1.29, 1.82) is 5.26 Å². The van der Waals surface area contributed by atoms with Gasteiger partial charge in [-0.05, 0) is 61.2 Å². The number of rotatable bonds is 5. The summed E-state index contributed by atoms with van der Waals surface area (Å²) in [5.41, 5.74) is 0.787. The minimum Gasteiger partial charge on any atom is -0.493 e. The Morgan fingerprint density at radius 3 is 2.74 bits per heavy atom. The van der Waals surface area contributed by atoms with Gasteiger partial charge in [0, 0.05) is 18.9 Å². The number of benzene rings is 1. The number of aryl methyl sites for hydroxylation is 2. The normalized spacial score (nSPS) is 17.3. The second-order valence-corrected chi connectivity index (χ2v) is 8.32. The molecule has 0 saturated heterocycles. The number of aromatic nitrogens is 6. The zero-order valence-corrected chi connectivity index (χ0v) is 19.1. The Labute approximate surface area is 200 Å². The van der Waals surface area contributed by atoms with Crippen molar-refractivity contribution in [3.8, 4) is 17.6 Å². The lowest BCUT2D eigenvalue weighted by atomic mass is 9.75. The van der Waals surface area contributed by atoms with Crippen LogP contribution in [0, 0.1) is 29.9 Å². The van der Waals surface area contributed by atoms with Crippen LogP contribution in [-0.4, -0.2) is 36.4 Å². The number of pyridine rings is 1. The Morgan fingerprint density at radius 2 is 2.03 bits per heavy atom. The maximum absolute atomic E-state index is 14.0. The number of imidazole rings is 1. The van der Waals surface area contributed by atoms with Crippen molar-refractivity contribution < 1.29 is 13.5 Å². The summed E-state index contributed by atoms with van der Waals surface area (Å²) in [6.07, 6.45) is 9.83. The molecule has 0 saturated carbocycles. The molecule has 8 nitrogen and oxygen atoms in total. The molecule has 1 atom stereocenters. The summed E-state index contributed by atoms with van der Waals surface area (Å²) in [4.78, 5) is 13.3. The van der Waals surface area contributed by atoms with E-state index in [1.807, 2.05) is 19.2 Å². The molecule has 0 spiro atoms. The number of ether oxygens (including phenoxy) is 1. The van der Waals surface area contributed by atoms with Gasteiger partial charge in [-0.2, -0.15) is 10.4 Å². The Bertz CT molecular complexity index is 1480. The van der Waals surface area contributed by atoms with E-state index in [1.54, 1.807) is 41.0 Å². The van der Waals surface area contributed by atoms with Crippen molar-refractivity contribution in [3.05, 3.63) is 83.1 Å². The van der Waals surface area contributed by atoms with E-state index in [0.29, 0.717) is 48.2 Å². The Kier molecular flexibility index (Phi) is 5.61. The molecule has 10 heteroatoms. The second kappa shape index (κ2) is 8.76. The molecule has 4 aromatic rings. The predicted octanol–water partition coefficient (Wildman–Crippen LogP) is 4.23. The fourth-order valence-corrected chi connectivity index (χ4v) is 4.31. The number of methoxy groups -OCH3 is 1. The average Bonchev–Trinajstić information content (AvgIpc) is 3.50. The van der Waals surface area contributed by atoms with E-state index < -0.39 is 17.0 Å². The molecule has 1 aromatic carbocycles. The van der Waals surface area contributed by atoms with Crippen molar-refractivity contribution in [2.75, 3.05) is 7.11 Å². The van der Waals surface area contributed by atoms with E-state index in [0.717, 1.165) is 23.4 Å². The summed E-state index contributed by atoms with van der Waals surface area (Å²) >= 11 is 0. The SMILES string of the molecule is COc1cc(C=Cc2nc3n(n2)CCC[C@@]3(C#N)c2ccc(F)c(F)c2)cnc1-n1cnc(C)c1. The van der Waals surface area contributed by atoms with Gasteiger partial charge in [0.05, 0.1) is 18.9 Å². The number of halogens is 2. The fourth-order valence-electron chi connectivity index (χ4n) is 4.31. The highest BCUT2D eigenvalue weighted by Gasteiger charge is 2.42. The van der Waals surface area contributed by atoms with Crippen LogP contribution in [0.25, 0.3) is 18.0 Å². The fraction of sp³-hybridized carbons (Fsp3) is 0.240. The summed E-state index contributed by atoms with van der Waals surface area (Å²) < 4.78 is 36.4. The van der Waals surface area contributed by atoms with Crippen LogP contribution in [0.5, 0.6) is 5.75 Å². The van der Waals surface area contributed by atoms with Crippen LogP contribution in [0.4, 0.5) is 8.78 Å². The highest BCUT2D eigenvalue weighted by atomic mass is 19.2. The molecular weight excluding hydrogens is 452 g/mol. The molecule has 1 aliphatic rings. The standard InChI is InChI=1S/C25H21F2N7O/c1-16-13-33(15-30-16)23-21(35-2)10-17(12-29-23)4-7-22-31-24-25(14-28,8-3-9-34(24)32-22)18-5-6-19(26)20(27)11-18/h4-7,10-13,15H,3,8-9H2,1-2H3/t25-/m1/s1. The summed E-state index contributed by atoms with van der Waals surface area (Å²) in [6, 6.07) is 7.67. The van der Waals surface area contributed by atoms with Crippen LogP contribution in [0.15, 0.2) is 43.0 Å². The summed E-state index contributed by atoms with van der Waals surface area (Å²) in [5, 5.41) is 14.6. The van der Waals surface area contributed by atoms with Gasteiger partial charge in [0.1, 0.15) is 11.7 Å². The third-order valence-corrected chi connectivity index (χ3v) is 6.05. The molecule has 5 rings (SSSR count). The Morgan fingerprint density at radius 1 is 1.17 bits per heavy atom. The van der Waals surface area contributed by atoms with E-state index >= 15 is 0 Å². The number of nitriles is 1. The number of hydrogen-bond acceptors (Lipinski definition) is 6. The van der Waals surface area contributed by atoms with Crippen LogP contribution in [0.3, 0.4) is 0 Å². The molecule has 1 aliphatic heterocycles. The van der Waals surface area contributed by atoms with Crippen molar-refractivity contribution in [2.24, 2.45) is 0 Å². The minimum absolute atomic E-state index is 0.363.